The third-order valence-electron chi connectivity index (χ3n) is 7.62. The average Bonchev–Trinajstić information content (AvgIpc) is 3.01. The summed E-state index contributed by atoms with van der Waals surface area (Å²) in [4.78, 5) is 30.0. The molecule has 1 aliphatic rings. The van der Waals surface area contributed by atoms with Crippen LogP contribution in [0.3, 0.4) is 0 Å². The van der Waals surface area contributed by atoms with Gasteiger partial charge in [-0.1, -0.05) is 30.3 Å². The highest BCUT2D eigenvalue weighted by atomic mass is 16.5. The fraction of sp³-hybridized carbons (Fsp3) is 0.312. The Labute approximate surface area is 238 Å². The Hall–Kier alpha value is -4.50. The number of piperazine rings is 1. The molecule has 0 saturated carbocycles. The Balaban J connectivity index is 1.43. The fourth-order valence-electron chi connectivity index (χ4n) is 5.42. The molecule has 0 amide bonds. The van der Waals surface area contributed by atoms with Gasteiger partial charge in [-0.05, 0) is 41.3 Å². The number of carbonyl (C=O) groups is 1. The Bertz CT molecular complexity index is 1570. The summed E-state index contributed by atoms with van der Waals surface area (Å²) in [6.45, 7) is 3.54. The summed E-state index contributed by atoms with van der Waals surface area (Å²) in [5, 5.41) is 12.6. The smallest absolute Gasteiger partial charge is 0.306 e. The number of carbonyl (C=O) groups excluding carboxylic acids is 1. The topological polar surface area (TPSA) is 102 Å². The predicted octanol–water partition coefficient (Wildman–Crippen LogP) is 4.53. The van der Waals surface area contributed by atoms with E-state index in [1.807, 2.05) is 60.7 Å². The number of hydrogen-bond donors (Lipinski definition) is 1. The second kappa shape index (κ2) is 12.3. The van der Waals surface area contributed by atoms with Crippen molar-refractivity contribution < 1.29 is 28.5 Å². The van der Waals surface area contributed by atoms with Crippen LogP contribution in [0, 0.1) is 0 Å². The highest BCUT2D eigenvalue weighted by molar-refractivity contribution is 5.92. The molecule has 214 valence electrons. The highest BCUT2D eigenvalue weighted by Gasteiger charge is 2.29. The van der Waals surface area contributed by atoms with Crippen molar-refractivity contribution in [1.29, 1.82) is 0 Å². The molecule has 0 spiro atoms. The van der Waals surface area contributed by atoms with Gasteiger partial charge in [-0.2, -0.15) is 0 Å². The van der Waals surface area contributed by atoms with Crippen LogP contribution in [0.5, 0.6) is 17.2 Å². The summed E-state index contributed by atoms with van der Waals surface area (Å²) in [7, 11) is 4.56. The second-order valence-electron chi connectivity index (χ2n) is 9.99. The van der Waals surface area contributed by atoms with E-state index in [2.05, 4.69) is 9.80 Å². The molecule has 1 fully saturated rings. The lowest BCUT2D eigenvalue weighted by Crippen LogP contribution is -2.46. The Morgan fingerprint density at radius 2 is 1.63 bits per heavy atom. The minimum atomic E-state index is -0.752. The quantitative estimate of drug-likeness (QED) is 0.297. The number of hydrogen-bond acceptors (Lipinski definition) is 9. The van der Waals surface area contributed by atoms with Crippen LogP contribution in [-0.2, 0) is 16.1 Å². The van der Waals surface area contributed by atoms with Gasteiger partial charge in [-0.25, -0.2) is 0 Å². The molecule has 1 saturated heterocycles. The molecular weight excluding hydrogens is 524 g/mol. The first kappa shape index (κ1) is 28.0. The molecular formula is C32H34N2O7. The molecule has 5 rings (SSSR count). The molecule has 1 N–H and O–H groups in total. The number of nitrogens with zero attached hydrogens (tertiary/aromatic N) is 2. The summed E-state index contributed by atoms with van der Waals surface area (Å²) in [5.74, 6) is 0.216. The number of aromatic hydroxyl groups is 1. The molecule has 1 aliphatic heterocycles. The van der Waals surface area contributed by atoms with Crippen LogP contribution in [0.25, 0.3) is 10.8 Å². The van der Waals surface area contributed by atoms with E-state index in [1.54, 1.807) is 14.2 Å². The zero-order valence-corrected chi connectivity index (χ0v) is 23.5. The molecule has 1 aromatic heterocycles. The molecule has 4 aromatic rings. The van der Waals surface area contributed by atoms with Gasteiger partial charge in [-0.15, -0.1) is 0 Å². The normalized spacial score (nSPS) is 14.6. The van der Waals surface area contributed by atoms with Gasteiger partial charge in [0.2, 0.25) is 11.2 Å². The van der Waals surface area contributed by atoms with Crippen LogP contribution in [0.2, 0.25) is 0 Å². The van der Waals surface area contributed by atoms with Gasteiger partial charge in [0.1, 0.15) is 17.3 Å². The van der Waals surface area contributed by atoms with Crippen LogP contribution in [0.4, 0.5) is 5.69 Å². The van der Waals surface area contributed by atoms with Crippen molar-refractivity contribution in [2.24, 2.45) is 0 Å². The van der Waals surface area contributed by atoms with Crippen molar-refractivity contribution in [2.45, 2.75) is 18.9 Å². The minimum absolute atomic E-state index is 0.0464. The van der Waals surface area contributed by atoms with Gasteiger partial charge in [0.05, 0.1) is 40.2 Å². The maximum Gasteiger partial charge on any atom is 0.306 e. The fourth-order valence-corrected chi connectivity index (χ4v) is 5.42. The number of esters is 1. The zero-order chi connectivity index (χ0) is 28.9. The first-order chi connectivity index (χ1) is 19.9. The van der Waals surface area contributed by atoms with Crippen molar-refractivity contribution in [1.82, 2.24) is 4.90 Å². The van der Waals surface area contributed by atoms with Gasteiger partial charge in [0.15, 0.2) is 5.76 Å². The van der Waals surface area contributed by atoms with E-state index in [1.165, 1.54) is 13.2 Å². The van der Waals surface area contributed by atoms with E-state index in [9.17, 15) is 14.7 Å². The Morgan fingerprint density at radius 1 is 0.927 bits per heavy atom. The number of ether oxygens (including phenoxy) is 3. The second-order valence-corrected chi connectivity index (χ2v) is 9.99. The van der Waals surface area contributed by atoms with Crippen LogP contribution < -0.4 is 19.8 Å². The number of rotatable bonds is 9. The third-order valence-corrected chi connectivity index (χ3v) is 7.62. The Morgan fingerprint density at radius 3 is 2.29 bits per heavy atom. The van der Waals surface area contributed by atoms with Crippen LogP contribution >= 0.6 is 0 Å². The first-order valence-corrected chi connectivity index (χ1v) is 13.5. The average molecular weight is 559 g/mol. The van der Waals surface area contributed by atoms with E-state index in [0.29, 0.717) is 18.1 Å². The maximum absolute atomic E-state index is 13.0. The van der Waals surface area contributed by atoms with E-state index in [-0.39, 0.29) is 12.2 Å². The van der Waals surface area contributed by atoms with Gasteiger partial charge in [-0.3, -0.25) is 14.5 Å². The third kappa shape index (κ3) is 6.00. The minimum Gasteiger partial charge on any atom is -0.502 e. The molecule has 2 heterocycles. The van der Waals surface area contributed by atoms with Crippen LogP contribution in [0.15, 0.2) is 75.9 Å². The first-order valence-electron chi connectivity index (χ1n) is 13.5. The summed E-state index contributed by atoms with van der Waals surface area (Å²) in [5.41, 5.74) is 1.29. The van der Waals surface area contributed by atoms with E-state index in [0.717, 1.165) is 54.0 Å². The molecule has 41 heavy (non-hydrogen) atoms. The summed E-state index contributed by atoms with van der Waals surface area (Å²) in [6.07, 6.45) is -0.118. The van der Waals surface area contributed by atoms with Gasteiger partial charge < -0.3 is 28.6 Å². The van der Waals surface area contributed by atoms with Crippen molar-refractivity contribution in [2.75, 3.05) is 52.4 Å². The SMILES string of the molecule is COC(=O)C[C@H](c1oc(CN2CCN(c3ccc(OC)cc3)CC2)cc(=O)c1O)c1ccc(OC)c2ccccc12. The summed E-state index contributed by atoms with van der Waals surface area (Å²) in [6, 6.07) is 20.6. The van der Waals surface area contributed by atoms with Crippen molar-refractivity contribution >= 4 is 22.4 Å². The number of fused-ring (bicyclic) bond motifs is 1. The van der Waals surface area contributed by atoms with Crippen molar-refractivity contribution in [3.63, 3.8) is 0 Å². The lowest BCUT2D eigenvalue weighted by Gasteiger charge is -2.36. The zero-order valence-electron chi connectivity index (χ0n) is 23.5. The monoisotopic (exact) mass is 558 g/mol. The molecule has 9 nitrogen and oxygen atoms in total. The largest absolute Gasteiger partial charge is 0.502 e. The molecule has 9 heteroatoms. The van der Waals surface area contributed by atoms with E-state index < -0.39 is 23.1 Å². The van der Waals surface area contributed by atoms with Crippen LogP contribution in [-0.4, -0.2) is 63.5 Å². The maximum atomic E-state index is 13.0. The van der Waals surface area contributed by atoms with Crippen LogP contribution in [0.1, 0.15) is 29.4 Å². The van der Waals surface area contributed by atoms with Gasteiger partial charge in [0.25, 0.3) is 0 Å². The van der Waals surface area contributed by atoms with Crippen molar-refractivity contribution in [3.8, 4) is 17.2 Å². The standard InChI is InChI=1S/C32H34N2O7/c1-38-22-10-8-21(9-11-22)34-16-14-33(15-17-34)20-23-18-28(35)31(37)32(41-23)27(19-30(36)40-3)25-12-13-29(39-2)26-7-5-4-6-24(25)26/h4-13,18,27,37H,14-17,19-20H2,1-3H3/t27-/m0/s1. The number of anilines is 1. The molecule has 1 atom stereocenters. The lowest BCUT2D eigenvalue weighted by atomic mass is 9.88. The number of methoxy groups -OCH3 is 3. The number of benzene rings is 3. The summed E-state index contributed by atoms with van der Waals surface area (Å²) >= 11 is 0. The lowest BCUT2D eigenvalue weighted by molar-refractivity contribution is -0.140. The van der Waals surface area contributed by atoms with Gasteiger partial charge in [0, 0.05) is 43.3 Å². The van der Waals surface area contributed by atoms with Gasteiger partial charge >= 0.3 is 5.97 Å². The molecule has 0 unspecified atom stereocenters. The molecule has 0 radical (unpaired) electrons. The molecule has 3 aromatic carbocycles. The predicted molar refractivity (Wildman–Crippen MR) is 156 cm³/mol. The Kier molecular flexibility index (Phi) is 8.45. The molecule has 0 aliphatic carbocycles. The summed E-state index contributed by atoms with van der Waals surface area (Å²) < 4.78 is 22.0. The molecule has 0 bridgehead atoms. The van der Waals surface area contributed by atoms with Crippen molar-refractivity contribution in [3.05, 3.63) is 94.0 Å². The van der Waals surface area contributed by atoms with E-state index >= 15 is 0 Å². The van der Waals surface area contributed by atoms with E-state index in [4.69, 9.17) is 18.6 Å². The highest BCUT2D eigenvalue weighted by Crippen LogP contribution is 2.39.